The molecule has 0 rings (SSSR count). The third kappa shape index (κ3) is 7.30. The van der Waals surface area contributed by atoms with Gasteiger partial charge in [0.05, 0.1) is 6.61 Å². The summed E-state index contributed by atoms with van der Waals surface area (Å²) in [5, 5.41) is 0. The van der Waals surface area contributed by atoms with Crippen molar-refractivity contribution in [3.8, 4) is 0 Å². The topological polar surface area (TPSA) is 38.5 Å². The fraction of sp³-hybridized carbons (Fsp3) is 1.00. The van der Waals surface area contributed by atoms with E-state index in [0.717, 1.165) is 32.8 Å². The Morgan fingerprint density at radius 3 is 2.43 bits per heavy atom. The molecule has 0 atom stereocenters. The van der Waals surface area contributed by atoms with E-state index in [0.29, 0.717) is 6.04 Å². The highest BCUT2D eigenvalue weighted by atomic mass is 16.5. The maximum Gasteiger partial charge on any atom is 0.0593 e. The van der Waals surface area contributed by atoms with Crippen LogP contribution in [0.3, 0.4) is 0 Å². The summed E-state index contributed by atoms with van der Waals surface area (Å²) in [6.45, 7) is 11.0. The molecule has 0 aromatic rings. The summed E-state index contributed by atoms with van der Waals surface area (Å²) in [7, 11) is 0. The molecule has 3 heteroatoms. The van der Waals surface area contributed by atoms with Gasteiger partial charge < -0.3 is 10.5 Å². The first-order chi connectivity index (χ1) is 6.72. The zero-order valence-electron chi connectivity index (χ0n) is 9.96. The highest BCUT2D eigenvalue weighted by molar-refractivity contribution is 4.62. The molecule has 2 N–H and O–H groups in total. The summed E-state index contributed by atoms with van der Waals surface area (Å²) < 4.78 is 5.52. The van der Waals surface area contributed by atoms with Gasteiger partial charge in [-0.05, 0) is 20.3 Å². The first-order valence-corrected chi connectivity index (χ1v) is 5.74. The van der Waals surface area contributed by atoms with Crippen LogP contribution in [0.2, 0.25) is 0 Å². The van der Waals surface area contributed by atoms with E-state index >= 15 is 0 Å². The third-order valence-electron chi connectivity index (χ3n) is 2.31. The number of nitrogens with zero attached hydrogens (tertiary/aromatic N) is 1. The van der Waals surface area contributed by atoms with Crippen LogP contribution in [0.15, 0.2) is 0 Å². The molecule has 14 heavy (non-hydrogen) atoms. The van der Waals surface area contributed by atoms with Crippen molar-refractivity contribution in [3.05, 3.63) is 0 Å². The molecule has 0 aliphatic rings. The smallest absolute Gasteiger partial charge is 0.0593 e. The lowest BCUT2D eigenvalue weighted by Gasteiger charge is -2.25. The molecule has 0 unspecified atom stereocenters. The van der Waals surface area contributed by atoms with Crippen molar-refractivity contribution < 1.29 is 4.74 Å². The highest BCUT2D eigenvalue weighted by Crippen LogP contribution is 1.97. The Balaban J connectivity index is 3.41. The summed E-state index contributed by atoms with van der Waals surface area (Å²) in [4.78, 5) is 2.35. The summed E-state index contributed by atoms with van der Waals surface area (Å²) in [6, 6.07) is 0.563. The van der Waals surface area contributed by atoms with Crippen LogP contribution < -0.4 is 5.73 Å². The molecule has 0 aliphatic carbocycles. The zero-order valence-corrected chi connectivity index (χ0v) is 9.96. The van der Waals surface area contributed by atoms with Crippen molar-refractivity contribution >= 4 is 0 Å². The molecular formula is C11H26N2O. The number of hydrogen-bond donors (Lipinski definition) is 1. The van der Waals surface area contributed by atoms with E-state index in [1.165, 1.54) is 12.8 Å². The summed E-state index contributed by atoms with van der Waals surface area (Å²) in [5.74, 6) is 0. The molecule has 3 nitrogen and oxygen atoms in total. The number of rotatable bonds is 9. The van der Waals surface area contributed by atoms with E-state index in [1.54, 1.807) is 0 Å². The second-order valence-electron chi connectivity index (χ2n) is 3.88. The molecule has 0 aromatic carbocycles. The monoisotopic (exact) mass is 202 g/mol. The fourth-order valence-corrected chi connectivity index (χ4v) is 1.32. The van der Waals surface area contributed by atoms with Gasteiger partial charge in [0.1, 0.15) is 0 Å². The lowest BCUT2D eigenvalue weighted by Crippen LogP contribution is -2.37. The number of unbranched alkanes of at least 4 members (excludes halogenated alkanes) is 1. The Labute approximate surface area is 88.6 Å². The van der Waals surface area contributed by atoms with Crippen LogP contribution in [0.25, 0.3) is 0 Å². The van der Waals surface area contributed by atoms with Gasteiger partial charge >= 0.3 is 0 Å². The van der Waals surface area contributed by atoms with Crippen molar-refractivity contribution in [2.45, 2.75) is 39.7 Å². The van der Waals surface area contributed by atoms with Crippen LogP contribution >= 0.6 is 0 Å². The van der Waals surface area contributed by atoms with Gasteiger partial charge in [-0.2, -0.15) is 0 Å². The Kier molecular flexibility index (Phi) is 9.35. The fourth-order valence-electron chi connectivity index (χ4n) is 1.32. The second-order valence-corrected chi connectivity index (χ2v) is 3.88. The Morgan fingerprint density at radius 1 is 1.21 bits per heavy atom. The Morgan fingerprint density at radius 2 is 1.93 bits per heavy atom. The quantitative estimate of drug-likeness (QED) is 0.575. The average molecular weight is 202 g/mol. The van der Waals surface area contributed by atoms with Crippen molar-refractivity contribution in [3.63, 3.8) is 0 Å². The minimum Gasteiger partial charge on any atom is -0.380 e. The number of ether oxygens (including phenoxy) is 1. The van der Waals surface area contributed by atoms with Gasteiger partial charge in [0, 0.05) is 32.3 Å². The first-order valence-electron chi connectivity index (χ1n) is 5.74. The van der Waals surface area contributed by atoms with Gasteiger partial charge in [0.25, 0.3) is 0 Å². The lowest BCUT2D eigenvalue weighted by molar-refractivity contribution is 0.0921. The average Bonchev–Trinajstić information content (AvgIpc) is 2.15. The van der Waals surface area contributed by atoms with E-state index in [-0.39, 0.29) is 0 Å². The van der Waals surface area contributed by atoms with Gasteiger partial charge in [-0.15, -0.1) is 0 Å². The van der Waals surface area contributed by atoms with E-state index in [2.05, 4.69) is 25.7 Å². The summed E-state index contributed by atoms with van der Waals surface area (Å²) >= 11 is 0. The molecule has 0 aromatic heterocycles. The maximum atomic E-state index is 5.54. The van der Waals surface area contributed by atoms with E-state index in [4.69, 9.17) is 10.5 Å². The normalized spacial score (nSPS) is 11.6. The largest absolute Gasteiger partial charge is 0.380 e. The van der Waals surface area contributed by atoms with Crippen molar-refractivity contribution in [1.29, 1.82) is 0 Å². The molecule has 0 spiro atoms. The Bertz CT molecular complexity index is 118. The second kappa shape index (κ2) is 9.44. The SMILES string of the molecule is CCCCOCCN(CCN)C(C)C. The molecule has 0 amide bonds. The molecule has 0 bridgehead atoms. The molecule has 0 saturated heterocycles. The van der Waals surface area contributed by atoms with Crippen LogP contribution in [0, 0.1) is 0 Å². The van der Waals surface area contributed by atoms with Crippen molar-refractivity contribution in [2.75, 3.05) is 32.8 Å². The van der Waals surface area contributed by atoms with E-state index in [9.17, 15) is 0 Å². The lowest BCUT2D eigenvalue weighted by atomic mass is 10.3. The van der Waals surface area contributed by atoms with Crippen molar-refractivity contribution in [1.82, 2.24) is 4.90 Å². The van der Waals surface area contributed by atoms with Crippen LogP contribution in [0.4, 0.5) is 0 Å². The molecule has 86 valence electrons. The molecule has 0 heterocycles. The number of hydrogen-bond acceptors (Lipinski definition) is 3. The molecule has 0 aliphatic heterocycles. The van der Waals surface area contributed by atoms with Crippen LogP contribution in [0.1, 0.15) is 33.6 Å². The van der Waals surface area contributed by atoms with Crippen LogP contribution in [-0.2, 0) is 4.74 Å². The molecule has 0 saturated carbocycles. The van der Waals surface area contributed by atoms with Gasteiger partial charge in [0.2, 0.25) is 0 Å². The summed E-state index contributed by atoms with van der Waals surface area (Å²) in [5.41, 5.74) is 5.54. The van der Waals surface area contributed by atoms with Crippen LogP contribution in [-0.4, -0.2) is 43.8 Å². The third-order valence-corrected chi connectivity index (χ3v) is 2.31. The predicted octanol–water partition coefficient (Wildman–Crippen LogP) is 1.47. The summed E-state index contributed by atoms with van der Waals surface area (Å²) in [6.07, 6.45) is 2.37. The van der Waals surface area contributed by atoms with Crippen LogP contribution in [0.5, 0.6) is 0 Å². The maximum absolute atomic E-state index is 5.54. The number of nitrogens with two attached hydrogens (primary N) is 1. The van der Waals surface area contributed by atoms with Gasteiger partial charge in [-0.3, -0.25) is 4.90 Å². The molecule has 0 fully saturated rings. The highest BCUT2D eigenvalue weighted by Gasteiger charge is 2.06. The minimum atomic E-state index is 0.563. The zero-order chi connectivity index (χ0) is 10.8. The van der Waals surface area contributed by atoms with Gasteiger partial charge in [-0.1, -0.05) is 13.3 Å². The molecule has 0 radical (unpaired) electrons. The Hall–Kier alpha value is -0.120. The predicted molar refractivity (Wildman–Crippen MR) is 61.5 cm³/mol. The molecular weight excluding hydrogens is 176 g/mol. The van der Waals surface area contributed by atoms with Gasteiger partial charge in [0.15, 0.2) is 0 Å². The first kappa shape index (κ1) is 13.9. The van der Waals surface area contributed by atoms with Gasteiger partial charge in [-0.25, -0.2) is 0 Å². The standard InChI is InChI=1S/C11H26N2O/c1-4-5-9-14-10-8-13(7-6-12)11(2)3/h11H,4-10,12H2,1-3H3. The van der Waals surface area contributed by atoms with Crippen molar-refractivity contribution in [2.24, 2.45) is 5.73 Å². The van der Waals surface area contributed by atoms with E-state index < -0.39 is 0 Å². The minimum absolute atomic E-state index is 0.563. The van der Waals surface area contributed by atoms with E-state index in [1.807, 2.05) is 0 Å².